The van der Waals surface area contributed by atoms with Gasteiger partial charge in [0.25, 0.3) is 0 Å². The van der Waals surface area contributed by atoms with E-state index in [0.29, 0.717) is 6.04 Å². The fraction of sp³-hybridized carbons (Fsp3) is 0.800. The standard InChI is InChI=1S/C15H25N3O/c1-2-17-8-4-3-7-14(17)13-10-18-9-5-6-12(11-19)15(18)16-13/h10,12,14,19H,2-9,11H2,1H3. The molecule has 0 aromatic carbocycles. The van der Waals surface area contributed by atoms with Crippen LogP contribution in [0.4, 0.5) is 0 Å². The number of piperidine rings is 1. The van der Waals surface area contributed by atoms with E-state index in [0.717, 1.165) is 31.8 Å². The Kier molecular flexibility index (Phi) is 3.89. The first-order valence-electron chi connectivity index (χ1n) is 7.75. The number of fused-ring (bicyclic) bond motifs is 1. The summed E-state index contributed by atoms with van der Waals surface area (Å²) in [5.41, 5.74) is 1.23. The zero-order valence-electron chi connectivity index (χ0n) is 11.9. The fourth-order valence-electron chi connectivity index (χ4n) is 3.63. The maximum Gasteiger partial charge on any atom is 0.114 e. The zero-order valence-corrected chi connectivity index (χ0v) is 11.9. The number of nitrogens with zero attached hydrogens (tertiary/aromatic N) is 3. The van der Waals surface area contributed by atoms with Crippen LogP contribution in [-0.4, -0.2) is 39.3 Å². The van der Waals surface area contributed by atoms with Gasteiger partial charge in [0.2, 0.25) is 0 Å². The number of aromatic nitrogens is 2. The Morgan fingerprint density at radius 3 is 2.95 bits per heavy atom. The zero-order chi connectivity index (χ0) is 13.2. The van der Waals surface area contributed by atoms with E-state index in [9.17, 15) is 5.11 Å². The lowest BCUT2D eigenvalue weighted by Crippen LogP contribution is -2.33. The van der Waals surface area contributed by atoms with E-state index < -0.39 is 0 Å². The minimum Gasteiger partial charge on any atom is -0.396 e. The van der Waals surface area contributed by atoms with Gasteiger partial charge in [-0.25, -0.2) is 4.98 Å². The maximum atomic E-state index is 9.49. The molecular weight excluding hydrogens is 238 g/mol. The molecule has 0 aliphatic carbocycles. The van der Waals surface area contributed by atoms with E-state index in [1.54, 1.807) is 0 Å². The van der Waals surface area contributed by atoms with Crippen molar-refractivity contribution in [3.63, 3.8) is 0 Å². The highest BCUT2D eigenvalue weighted by atomic mass is 16.3. The van der Waals surface area contributed by atoms with Crippen LogP contribution in [-0.2, 0) is 6.54 Å². The topological polar surface area (TPSA) is 41.3 Å². The van der Waals surface area contributed by atoms with Crippen molar-refractivity contribution in [2.75, 3.05) is 19.7 Å². The van der Waals surface area contributed by atoms with Gasteiger partial charge < -0.3 is 9.67 Å². The lowest BCUT2D eigenvalue weighted by Gasteiger charge is -2.33. The number of hydrogen-bond donors (Lipinski definition) is 1. The molecule has 0 amide bonds. The predicted octanol–water partition coefficient (Wildman–Crippen LogP) is 2.30. The maximum absolute atomic E-state index is 9.49. The smallest absolute Gasteiger partial charge is 0.114 e. The van der Waals surface area contributed by atoms with Crippen molar-refractivity contribution < 1.29 is 5.11 Å². The van der Waals surface area contributed by atoms with E-state index in [1.165, 1.54) is 31.5 Å². The van der Waals surface area contributed by atoms with Crippen molar-refractivity contribution in [1.82, 2.24) is 14.5 Å². The van der Waals surface area contributed by atoms with Crippen LogP contribution < -0.4 is 0 Å². The van der Waals surface area contributed by atoms with Crippen molar-refractivity contribution in [2.24, 2.45) is 0 Å². The average Bonchev–Trinajstić information content (AvgIpc) is 2.90. The lowest BCUT2D eigenvalue weighted by molar-refractivity contribution is 0.154. The number of aliphatic hydroxyl groups is 1. The van der Waals surface area contributed by atoms with Gasteiger partial charge in [0.1, 0.15) is 5.82 Å². The molecule has 0 bridgehead atoms. The molecule has 1 aromatic rings. The van der Waals surface area contributed by atoms with Gasteiger partial charge in [-0.2, -0.15) is 0 Å². The van der Waals surface area contributed by atoms with Crippen LogP contribution in [0, 0.1) is 0 Å². The van der Waals surface area contributed by atoms with Gasteiger partial charge in [0.15, 0.2) is 0 Å². The third-order valence-corrected chi connectivity index (χ3v) is 4.72. The Labute approximate surface area is 115 Å². The Morgan fingerprint density at radius 2 is 2.16 bits per heavy atom. The van der Waals surface area contributed by atoms with Crippen LogP contribution in [0.15, 0.2) is 6.20 Å². The van der Waals surface area contributed by atoms with E-state index in [1.807, 2.05) is 0 Å². The number of rotatable bonds is 3. The number of imidazole rings is 1. The average molecular weight is 263 g/mol. The first kappa shape index (κ1) is 13.1. The van der Waals surface area contributed by atoms with Crippen molar-refractivity contribution in [3.8, 4) is 0 Å². The highest BCUT2D eigenvalue weighted by Crippen LogP contribution is 2.33. The SMILES string of the molecule is CCN1CCCCC1c1cn2c(n1)C(CO)CCC2. The van der Waals surface area contributed by atoms with Gasteiger partial charge in [-0.15, -0.1) is 0 Å². The highest BCUT2D eigenvalue weighted by Gasteiger charge is 2.28. The summed E-state index contributed by atoms with van der Waals surface area (Å²) in [6.07, 6.45) is 8.35. The summed E-state index contributed by atoms with van der Waals surface area (Å²) >= 11 is 0. The molecule has 1 fully saturated rings. The first-order chi connectivity index (χ1) is 9.33. The lowest BCUT2D eigenvalue weighted by atomic mass is 10.00. The summed E-state index contributed by atoms with van der Waals surface area (Å²) in [6.45, 7) is 5.85. The van der Waals surface area contributed by atoms with Crippen LogP contribution in [0.5, 0.6) is 0 Å². The second kappa shape index (κ2) is 5.63. The molecule has 3 rings (SSSR count). The molecule has 2 atom stereocenters. The molecule has 0 saturated carbocycles. The van der Waals surface area contributed by atoms with Crippen molar-refractivity contribution in [3.05, 3.63) is 17.7 Å². The molecule has 4 heteroatoms. The van der Waals surface area contributed by atoms with E-state index >= 15 is 0 Å². The third-order valence-electron chi connectivity index (χ3n) is 4.72. The Bertz CT molecular complexity index is 429. The molecule has 106 valence electrons. The normalized spacial score (nSPS) is 28.3. The molecule has 2 aliphatic rings. The molecule has 19 heavy (non-hydrogen) atoms. The molecule has 0 spiro atoms. The van der Waals surface area contributed by atoms with Gasteiger partial charge in [-0.1, -0.05) is 13.3 Å². The Hall–Kier alpha value is -0.870. The first-order valence-corrected chi connectivity index (χ1v) is 7.75. The monoisotopic (exact) mass is 263 g/mol. The number of likely N-dealkylation sites (tertiary alicyclic amines) is 1. The number of aliphatic hydroxyl groups excluding tert-OH is 1. The van der Waals surface area contributed by atoms with E-state index in [2.05, 4.69) is 22.6 Å². The van der Waals surface area contributed by atoms with Crippen LogP contribution in [0.25, 0.3) is 0 Å². The number of hydrogen-bond acceptors (Lipinski definition) is 3. The Morgan fingerprint density at radius 1 is 1.26 bits per heavy atom. The second-order valence-electron chi connectivity index (χ2n) is 5.88. The van der Waals surface area contributed by atoms with Crippen molar-refractivity contribution >= 4 is 0 Å². The van der Waals surface area contributed by atoms with Gasteiger partial charge >= 0.3 is 0 Å². The highest BCUT2D eigenvalue weighted by molar-refractivity contribution is 5.14. The summed E-state index contributed by atoms with van der Waals surface area (Å²) in [4.78, 5) is 7.43. The van der Waals surface area contributed by atoms with Crippen molar-refractivity contribution in [1.29, 1.82) is 0 Å². The molecule has 3 heterocycles. The summed E-state index contributed by atoms with van der Waals surface area (Å²) < 4.78 is 2.28. The fourth-order valence-corrected chi connectivity index (χ4v) is 3.63. The van der Waals surface area contributed by atoms with E-state index in [-0.39, 0.29) is 12.5 Å². The molecule has 2 aliphatic heterocycles. The van der Waals surface area contributed by atoms with Crippen LogP contribution in [0.1, 0.15) is 62.5 Å². The van der Waals surface area contributed by atoms with Crippen LogP contribution in [0.2, 0.25) is 0 Å². The van der Waals surface area contributed by atoms with Gasteiger partial charge in [-0.3, -0.25) is 4.90 Å². The summed E-state index contributed by atoms with van der Waals surface area (Å²) in [6, 6.07) is 0.496. The molecule has 1 N–H and O–H groups in total. The molecule has 4 nitrogen and oxygen atoms in total. The number of aryl methyl sites for hydroxylation is 1. The second-order valence-corrected chi connectivity index (χ2v) is 5.88. The quantitative estimate of drug-likeness (QED) is 0.910. The summed E-state index contributed by atoms with van der Waals surface area (Å²) in [5.74, 6) is 1.37. The van der Waals surface area contributed by atoms with Crippen LogP contribution >= 0.6 is 0 Å². The molecule has 2 unspecified atom stereocenters. The van der Waals surface area contributed by atoms with Gasteiger partial charge in [-0.05, 0) is 38.8 Å². The minimum atomic E-state index is 0.235. The molecule has 1 saturated heterocycles. The van der Waals surface area contributed by atoms with Crippen molar-refractivity contribution in [2.45, 2.75) is 57.5 Å². The summed E-state index contributed by atoms with van der Waals surface area (Å²) in [7, 11) is 0. The summed E-state index contributed by atoms with van der Waals surface area (Å²) in [5, 5.41) is 9.49. The third kappa shape index (κ3) is 2.43. The molecule has 1 aromatic heterocycles. The largest absolute Gasteiger partial charge is 0.396 e. The van der Waals surface area contributed by atoms with Crippen LogP contribution in [0.3, 0.4) is 0 Å². The minimum absolute atomic E-state index is 0.235. The Balaban J connectivity index is 1.87. The van der Waals surface area contributed by atoms with Gasteiger partial charge in [0, 0.05) is 18.7 Å². The predicted molar refractivity (Wildman–Crippen MR) is 75.1 cm³/mol. The molecule has 0 radical (unpaired) electrons. The van der Waals surface area contributed by atoms with Gasteiger partial charge in [0.05, 0.1) is 18.3 Å². The molecular formula is C15H25N3O. The van der Waals surface area contributed by atoms with E-state index in [4.69, 9.17) is 4.98 Å².